The van der Waals surface area contributed by atoms with Gasteiger partial charge in [0.15, 0.2) is 0 Å². The van der Waals surface area contributed by atoms with Gasteiger partial charge >= 0.3 is 6.09 Å². The summed E-state index contributed by atoms with van der Waals surface area (Å²) < 4.78 is 6.64. The number of aryl methyl sites for hydroxylation is 1. The molecule has 1 spiro atoms. The summed E-state index contributed by atoms with van der Waals surface area (Å²) >= 11 is 0. The number of anilines is 1. The molecule has 0 radical (unpaired) electrons. The van der Waals surface area contributed by atoms with Gasteiger partial charge in [0.25, 0.3) is 0 Å². The summed E-state index contributed by atoms with van der Waals surface area (Å²) in [4.78, 5) is 30.1. The van der Waals surface area contributed by atoms with E-state index in [2.05, 4.69) is 37.4 Å². The van der Waals surface area contributed by atoms with Crippen molar-refractivity contribution in [3.05, 3.63) is 23.8 Å². The van der Waals surface area contributed by atoms with E-state index in [9.17, 15) is 9.59 Å². The van der Waals surface area contributed by atoms with Crippen LogP contribution in [0.5, 0.6) is 0 Å². The highest BCUT2D eigenvalue weighted by atomic mass is 16.6. The molecule has 4 heterocycles. The van der Waals surface area contributed by atoms with E-state index in [-0.39, 0.29) is 17.4 Å². The van der Waals surface area contributed by atoms with E-state index in [1.807, 2.05) is 25.7 Å². The average Bonchev–Trinajstić information content (AvgIpc) is 3.55. The molecule has 4 fully saturated rings. The van der Waals surface area contributed by atoms with E-state index >= 15 is 0 Å². The molecule has 5 rings (SSSR count). The number of rotatable bonds is 3. The average molecular weight is 498 g/mol. The molecular weight excluding hydrogens is 452 g/mol. The third-order valence-corrected chi connectivity index (χ3v) is 9.46. The lowest BCUT2D eigenvalue weighted by molar-refractivity contribution is -0.128. The number of piperidine rings is 1. The molecule has 4 aliphatic heterocycles. The van der Waals surface area contributed by atoms with Gasteiger partial charge in [-0.05, 0) is 65.5 Å². The van der Waals surface area contributed by atoms with E-state index in [0.29, 0.717) is 38.0 Å². The maximum Gasteiger partial charge on any atom is 0.410 e. The first-order valence-corrected chi connectivity index (χ1v) is 14.1. The van der Waals surface area contributed by atoms with Crippen molar-refractivity contribution in [2.24, 2.45) is 5.41 Å². The summed E-state index contributed by atoms with van der Waals surface area (Å²) in [6.45, 7) is 15.6. The highest BCUT2D eigenvalue weighted by Gasteiger charge is 2.51. The maximum atomic E-state index is 13.8. The van der Waals surface area contributed by atoms with Crippen molar-refractivity contribution in [2.45, 2.75) is 90.8 Å². The van der Waals surface area contributed by atoms with E-state index in [0.717, 1.165) is 36.2 Å². The molecule has 7 heteroatoms. The minimum atomic E-state index is -0.502. The predicted molar refractivity (Wildman–Crippen MR) is 144 cm³/mol. The Morgan fingerprint density at radius 3 is 2.44 bits per heavy atom. The topological polar surface area (TPSA) is 61.9 Å². The molecule has 4 saturated heterocycles. The number of hydrogen-bond donors (Lipinski definition) is 1. The van der Waals surface area contributed by atoms with Gasteiger partial charge in [0.1, 0.15) is 17.3 Å². The van der Waals surface area contributed by atoms with E-state index in [1.54, 1.807) is 4.90 Å². The van der Waals surface area contributed by atoms with Crippen LogP contribution in [0, 0.1) is 12.3 Å². The summed E-state index contributed by atoms with van der Waals surface area (Å²) in [5.41, 5.74) is 2.83. The predicted octanol–water partition coefficient (Wildman–Crippen LogP) is 4.60. The van der Waals surface area contributed by atoms with E-state index < -0.39 is 5.60 Å². The lowest BCUT2D eigenvalue weighted by atomic mass is 9.77. The SMILES string of the molecule is Cc1cc([N+]2([C@@H]3CCNC3)CCC[C@@H]2C)ccc1N1CCC2(CCN(C(=O)OC(C)(C)C)CC2)C1=O. The zero-order chi connectivity index (χ0) is 25.7. The Labute approximate surface area is 216 Å². The highest BCUT2D eigenvalue weighted by molar-refractivity contribution is 6.00. The van der Waals surface area contributed by atoms with Crippen LogP contribution in [0.3, 0.4) is 0 Å². The summed E-state index contributed by atoms with van der Waals surface area (Å²) in [6, 6.07) is 8.17. The Morgan fingerprint density at radius 2 is 1.86 bits per heavy atom. The molecule has 7 nitrogen and oxygen atoms in total. The lowest BCUT2D eigenvalue weighted by Crippen LogP contribution is -2.59. The fourth-order valence-corrected chi connectivity index (χ4v) is 7.43. The second-order valence-corrected chi connectivity index (χ2v) is 12.7. The highest BCUT2D eigenvalue weighted by Crippen LogP contribution is 2.45. The van der Waals surface area contributed by atoms with Crippen molar-refractivity contribution < 1.29 is 14.3 Å². The van der Waals surface area contributed by atoms with Gasteiger partial charge in [-0.15, -0.1) is 0 Å². The number of likely N-dealkylation sites (tertiary alicyclic amines) is 2. The molecule has 1 unspecified atom stereocenters. The Kier molecular flexibility index (Phi) is 6.61. The van der Waals surface area contributed by atoms with Crippen molar-refractivity contribution in [3.8, 4) is 0 Å². The van der Waals surface area contributed by atoms with Gasteiger partial charge in [-0.25, -0.2) is 4.79 Å². The summed E-state index contributed by atoms with van der Waals surface area (Å²) in [5, 5.41) is 3.59. The Balaban J connectivity index is 1.31. The standard InChI is InChI=1S/C29H45N4O3/c1-21-19-23(33(18-6-7-22(33)2)24-10-14-30-20-24)8-9-25(21)32-17-13-29(26(32)34)11-15-31(16-12-29)27(35)36-28(3,4)5/h8-9,19,22,24,30H,6-7,10-18,20H2,1-5H3/q+1/t22-,24+,33?/m0/s1. The molecule has 3 atom stereocenters. The maximum absolute atomic E-state index is 13.8. The molecule has 0 aliphatic carbocycles. The van der Waals surface area contributed by atoms with Crippen LogP contribution in [0.1, 0.15) is 71.8 Å². The number of nitrogens with one attached hydrogen (secondary N) is 1. The zero-order valence-corrected chi connectivity index (χ0v) is 22.9. The van der Waals surface area contributed by atoms with Crippen LogP contribution in [-0.4, -0.2) is 73.9 Å². The van der Waals surface area contributed by atoms with Gasteiger partial charge in [-0.3, -0.25) is 9.28 Å². The van der Waals surface area contributed by atoms with Crippen LogP contribution in [-0.2, 0) is 9.53 Å². The smallest absolute Gasteiger partial charge is 0.410 e. The number of carbonyl (C=O) groups is 2. The van der Waals surface area contributed by atoms with Crippen molar-refractivity contribution >= 4 is 23.4 Å². The number of hydrogen-bond acceptors (Lipinski definition) is 4. The largest absolute Gasteiger partial charge is 0.444 e. The first-order chi connectivity index (χ1) is 17.1. The minimum absolute atomic E-state index is 0.237. The van der Waals surface area contributed by atoms with Gasteiger partial charge in [0, 0.05) is 69.8 Å². The molecule has 36 heavy (non-hydrogen) atoms. The lowest BCUT2D eigenvalue weighted by Gasteiger charge is -2.43. The number of ether oxygens (including phenoxy) is 1. The van der Waals surface area contributed by atoms with Gasteiger partial charge in [-0.1, -0.05) is 0 Å². The molecule has 2 amide bonds. The van der Waals surface area contributed by atoms with Gasteiger partial charge in [0.2, 0.25) is 5.91 Å². The number of quaternary nitrogens is 1. The third-order valence-electron chi connectivity index (χ3n) is 9.46. The molecule has 1 aromatic rings. The van der Waals surface area contributed by atoms with E-state index in [1.165, 1.54) is 37.1 Å². The van der Waals surface area contributed by atoms with Crippen LogP contribution < -0.4 is 14.7 Å². The normalized spacial score (nSPS) is 30.4. The number of amides is 2. The van der Waals surface area contributed by atoms with Gasteiger partial charge in [0.05, 0.1) is 18.0 Å². The van der Waals surface area contributed by atoms with Crippen molar-refractivity contribution in [3.63, 3.8) is 0 Å². The molecule has 198 valence electrons. The second kappa shape index (κ2) is 9.32. The van der Waals surface area contributed by atoms with Crippen molar-refractivity contribution in [1.29, 1.82) is 0 Å². The number of carbonyl (C=O) groups excluding carboxylic acids is 2. The zero-order valence-electron chi connectivity index (χ0n) is 22.9. The Bertz CT molecular complexity index is 1000. The molecule has 0 bridgehead atoms. The fraction of sp³-hybridized carbons (Fsp3) is 0.724. The number of benzene rings is 1. The first-order valence-electron chi connectivity index (χ1n) is 14.1. The van der Waals surface area contributed by atoms with Crippen LogP contribution in [0.25, 0.3) is 0 Å². The molecule has 1 aromatic carbocycles. The Morgan fingerprint density at radius 1 is 1.14 bits per heavy atom. The molecule has 0 saturated carbocycles. The third kappa shape index (κ3) is 4.32. The molecule has 1 N–H and O–H groups in total. The number of nitrogens with zero attached hydrogens (tertiary/aromatic N) is 3. The van der Waals surface area contributed by atoms with Gasteiger partial charge < -0.3 is 19.9 Å². The fourth-order valence-electron chi connectivity index (χ4n) is 7.43. The van der Waals surface area contributed by atoms with Crippen LogP contribution in [0.15, 0.2) is 18.2 Å². The van der Waals surface area contributed by atoms with Crippen LogP contribution in [0.4, 0.5) is 16.2 Å². The quantitative estimate of drug-likeness (QED) is 0.620. The summed E-state index contributed by atoms with van der Waals surface area (Å²) in [6.07, 6.45) is 5.82. The van der Waals surface area contributed by atoms with Crippen molar-refractivity contribution in [1.82, 2.24) is 14.7 Å². The Hall–Kier alpha value is -2.12. The molecule has 0 aromatic heterocycles. The summed E-state index contributed by atoms with van der Waals surface area (Å²) in [7, 11) is 0. The summed E-state index contributed by atoms with van der Waals surface area (Å²) in [5.74, 6) is 0.237. The van der Waals surface area contributed by atoms with Crippen molar-refractivity contribution in [2.75, 3.05) is 44.2 Å². The minimum Gasteiger partial charge on any atom is -0.444 e. The van der Waals surface area contributed by atoms with E-state index in [4.69, 9.17) is 4.74 Å². The first kappa shape index (κ1) is 25.5. The van der Waals surface area contributed by atoms with Gasteiger partial charge in [-0.2, -0.15) is 0 Å². The van der Waals surface area contributed by atoms with Crippen LogP contribution >= 0.6 is 0 Å². The molecular formula is C29H45N4O3+. The monoisotopic (exact) mass is 497 g/mol. The van der Waals surface area contributed by atoms with Crippen LogP contribution in [0.2, 0.25) is 0 Å². The second-order valence-electron chi connectivity index (χ2n) is 12.7. The molecule has 4 aliphatic rings.